The molecule has 1 atom stereocenters. The van der Waals surface area contributed by atoms with E-state index < -0.39 is 0 Å². The van der Waals surface area contributed by atoms with Crippen LogP contribution in [-0.4, -0.2) is 25.9 Å². The molecule has 1 aromatic carbocycles. The van der Waals surface area contributed by atoms with Gasteiger partial charge < -0.3 is 14.8 Å². The zero-order valence-corrected chi connectivity index (χ0v) is 12.6. The first-order valence-electron chi connectivity index (χ1n) is 7.03. The lowest BCUT2D eigenvalue weighted by Crippen LogP contribution is -2.15. The minimum absolute atomic E-state index is 0.545. The van der Waals surface area contributed by atoms with Gasteiger partial charge in [-0.2, -0.15) is 0 Å². The van der Waals surface area contributed by atoms with Gasteiger partial charge in [-0.3, -0.25) is 0 Å². The minimum Gasteiger partial charge on any atom is -0.492 e. The molecule has 0 aromatic heterocycles. The summed E-state index contributed by atoms with van der Waals surface area (Å²) in [5, 5.41) is 3.52. The van der Waals surface area contributed by atoms with Gasteiger partial charge in [-0.15, -0.1) is 0 Å². The Morgan fingerprint density at radius 1 is 1.32 bits per heavy atom. The summed E-state index contributed by atoms with van der Waals surface area (Å²) >= 11 is 3.60. The van der Waals surface area contributed by atoms with Gasteiger partial charge in [0.05, 0.1) is 17.7 Å². The molecule has 0 spiro atoms. The van der Waals surface area contributed by atoms with Gasteiger partial charge in [0, 0.05) is 25.1 Å². The number of hydrogen-bond donors (Lipinski definition) is 1. The lowest BCUT2D eigenvalue weighted by molar-refractivity contribution is 0.167. The largest absolute Gasteiger partial charge is 0.492 e. The van der Waals surface area contributed by atoms with Crippen molar-refractivity contribution in [2.24, 2.45) is 5.92 Å². The molecule has 0 radical (unpaired) electrons. The average Bonchev–Trinajstić information content (AvgIpc) is 3.10. The molecular weight excluding hydrogens is 306 g/mol. The van der Waals surface area contributed by atoms with E-state index in [1.54, 1.807) is 0 Å². The molecule has 1 saturated carbocycles. The molecule has 104 valence electrons. The van der Waals surface area contributed by atoms with Gasteiger partial charge in [0.25, 0.3) is 0 Å². The highest BCUT2D eigenvalue weighted by Gasteiger charge is 2.20. The van der Waals surface area contributed by atoms with Crippen LogP contribution in [0.4, 0.5) is 0 Å². The monoisotopic (exact) mass is 325 g/mol. The van der Waals surface area contributed by atoms with Gasteiger partial charge in [-0.05, 0) is 52.9 Å². The zero-order chi connectivity index (χ0) is 13.1. The molecule has 2 aliphatic rings. The van der Waals surface area contributed by atoms with Crippen LogP contribution >= 0.6 is 15.9 Å². The van der Waals surface area contributed by atoms with Gasteiger partial charge in [-0.1, -0.05) is 6.07 Å². The van der Waals surface area contributed by atoms with Gasteiger partial charge >= 0.3 is 0 Å². The van der Waals surface area contributed by atoms with Crippen LogP contribution < -0.4 is 10.1 Å². The van der Waals surface area contributed by atoms with Crippen LogP contribution in [0.1, 0.15) is 24.8 Å². The van der Waals surface area contributed by atoms with Crippen molar-refractivity contribution in [3.63, 3.8) is 0 Å². The quantitative estimate of drug-likeness (QED) is 0.871. The van der Waals surface area contributed by atoms with Gasteiger partial charge in [-0.25, -0.2) is 0 Å². The van der Waals surface area contributed by atoms with Crippen LogP contribution in [-0.2, 0) is 11.3 Å². The summed E-state index contributed by atoms with van der Waals surface area (Å²) < 4.78 is 12.3. The van der Waals surface area contributed by atoms with E-state index in [-0.39, 0.29) is 0 Å². The van der Waals surface area contributed by atoms with Gasteiger partial charge in [0.15, 0.2) is 0 Å². The minimum atomic E-state index is 0.545. The molecule has 1 aliphatic heterocycles. The molecule has 0 bridgehead atoms. The molecule has 19 heavy (non-hydrogen) atoms. The average molecular weight is 326 g/mol. The number of hydrogen-bond acceptors (Lipinski definition) is 3. The summed E-state index contributed by atoms with van der Waals surface area (Å²) in [5.74, 6) is 1.48. The Balaban J connectivity index is 1.52. The van der Waals surface area contributed by atoms with E-state index in [9.17, 15) is 0 Å². The number of rotatable bonds is 6. The number of benzene rings is 1. The van der Waals surface area contributed by atoms with Crippen LogP contribution in [0, 0.1) is 5.92 Å². The third kappa shape index (κ3) is 3.94. The summed E-state index contributed by atoms with van der Waals surface area (Å²) in [6.07, 6.45) is 3.76. The molecule has 1 aromatic rings. The Labute approximate surface area is 122 Å². The summed E-state index contributed by atoms with van der Waals surface area (Å²) in [7, 11) is 0. The van der Waals surface area contributed by atoms with Crippen LogP contribution in [0.15, 0.2) is 22.7 Å². The van der Waals surface area contributed by atoms with E-state index in [2.05, 4.69) is 39.4 Å². The van der Waals surface area contributed by atoms with Crippen molar-refractivity contribution in [2.45, 2.75) is 31.8 Å². The number of ether oxygens (including phenoxy) is 2. The normalized spacial score (nSPS) is 22.7. The fraction of sp³-hybridized carbons (Fsp3) is 0.600. The van der Waals surface area contributed by atoms with Crippen LogP contribution in [0.5, 0.6) is 5.75 Å². The van der Waals surface area contributed by atoms with Crippen molar-refractivity contribution >= 4 is 15.9 Å². The van der Waals surface area contributed by atoms with E-state index >= 15 is 0 Å². The number of halogens is 1. The molecule has 3 nitrogen and oxygen atoms in total. The topological polar surface area (TPSA) is 30.5 Å². The maximum Gasteiger partial charge on any atom is 0.133 e. The second-order valence-corrected chi connectivity index (χ2v) is 6.31. The fourth-order valence-corrected chi connectivity index (χ4v) is 2.78. The molecule has 1 aliphatic carbocycles. The molecule has 0 amide bonds. The Kier molecular flexibility index (Phi) is 4.41. The Morgan fingerprint density at radius 2 is 2.21 bits per heavy atom. The molecule has 3 rings (SSSR count). The first-order valence-corrected chi connectivity index (χ1v) is 7.83. The maximum atomic E-state index is 5.87. The molecule has 1 saturated heterocycles. The highest BCUT2D eigenvalue weighted by atomic mass is 79.9. The molecule has 2 fully saturated rings. The van der Waals surface area contributed by atoms with Crippen molar-refractivity contribution in [3.05, 3.63) is 28.2 Å². The highest BCUT2D eigenvalue weighted by molar-refractivity contribution is 9.10. The number of nitrogens with one attached hydrogen (secondary N) is 1. The predicted molar refractivity (Wildman–Crippen MR) is 78.4 cm³/mol. The third-order valence-electron chi connectivity index (χ3n) is 3.67. The Hall–Kier alpha value is -0.580. The van der Waals surface area contributed by atoms with Crippen molar-refractivity contribution < 1.29 is 9.47 Å². The van der Waals surface area contributed by atoms with Crippen LogP contribution in [0.3, 0.4) is 0 Å². The lowest BCUT2D eigenvalue weighted by atomic mass is 10.1. The van der Waals surface area contributed by atoms with Crippen molar-refractivity contribution in [3.8, 4) is 5.75 Å². The van der Waals surface area contributed by atoms with Crippen molar-refractivity contribution in [1.82, 2.24) is 5.32 Å². The predicted octanol–water partition coefficient (Wildman–Crippen LogP) is 3.12. The van der Waals surface area contributed by atoms with E-state index in [4.69, 9.17) is 9.47 Å². The summed E-state index contributed by atoms with van der Waals surface area (Å²) in [6.45, 7) is 3.40. The molecular formula is C15H20BrNO2. The zero-order valence-electron chi connectivity index (χ0n) is 11.0. The molecule has 1 heterocycles. The standard InChI is InChI=1S/C15H20BrNO2/c16-14-7-11(8-17-13-2-3-13)1-4-15(14)19-10-12-5-6-18-9-12/h1,4,7,12-13,17H,2-3,5-6,8-10H2. The smallest absolute Gasteiger partial charge is 0.133 e. The van der Waals surface area contributed by atoms with Crippen LogP contribution in [0.25, 0.3) is 0 Å². The van der Waals surface area contributed by atoms with Gasteiger partial charge in [0.1, 0.15) is 5.75 Å². The Bertz CT molecular complexity index is 428. The van der Waals surface area contributed by atoms with Crippen molar-refractivity contribution in [2.75, 3.05) is 19.8 Å². The maximum absolute atomic E-state index is 5.87. The third-order valence-corrected chi connectivity index (χ3v) is 4.29. The molecule has 4 heteroatoms. The van der Waals surface area contributed by atoms with Crippen LogP contribution in [0.2, 0.25) is 0 Å². The van der Waals surface area contributed by atoms with E-state index in [1.807, 2.05) is 0 Å². The summed E-state index contributed by atoms with van der Waals surface area (Å²) in [4.78, 5) is 0. The second kappa shape index (κ2) is 6.25. The van der Waals surface area contributed by atoms with E-state index in [0.29, 0.717) is 5.92 Å². The molecule has 1 N–H and O–H groups in total. The first-order chi connectivity index (χ1) is 9.31. The SMILES string of the molecule is Brc1cc(CNC2CC2)ccc1OCC1CCOC1. The Morgan fingerprint density at radius 3 is 2.89 bits per heavy atom. The summed E-state index contributed by atoms with van der Waals surface area (Å²) in [6, 6.07) is 7.09. The van der Waals surface area contributed by atoms with Crippen molar-refractivity contribution in [1.29, 1.82) is 0 Å². The first kappa shape index (κ1) is 13.4. The second-order valence-electron chi connectivity index (χ2n) is 5.46. The fourth-order valence-electron chi connectivity index (χ4n) is 2.24. The van der Waals surface area contributed by atoms with E-state index in [1.165, 1.54) is 18.4 Å². The summed E-state index contributed by atoms with van der Waals surface area (Å²) in [5.41, 5.74) is 1.30. The highest BCUT2D eigenvalue weighted by Crippen LogP contribution is 2.28. The van der Waals surface area contributed by atoms with E-state index in [0.717, 1.165) is 49.1 Å². The van der Waals surface area contributed by atoms with Gasteiger partial charge in [0.2, 0.25) is 0 Å². The lowest BCUT2D eigenvalue weighted by Gasteiger charge is -2.13. The molecule has 1 unspecified atom stereocenters.